The molecular formula is C18H16BaBr2O4. The zero-order valence-corrected chi connectivity index (χ0v) is 22.0. The van der Waals surface area contributed by atoms with E-state index in [4.69, 9.17) is 0 Å². The molecule has 0 aromatic heterocycles. The second-order valence-corrected chi connectivity index (χ2v) is 7.12. The summed E-state index contributed by atoms with van der Waals surface area (Å²) < 4.78 is 1.60. The number of carboxylic acid groups (broad SMARTS) is 2. The Labute approximate surface area is 204 Å². The van der Waals surface area contributed by atoms with Gasteiger partial charge in [-0.25, -0.2) is 0 Å². The van der Waals surface area contributed by atoms with Crippen molar-refractivity contribution in [2.75, 3.05) is 0 Å². The van der Waals surface area contributed by atoms with Crippen LogP contribution in [0.2, 0.25) is 0 Å². The number of carboxylic acids is 2. The smallest absolute Gasteiger partial charge is 0.545 e. The van der Waals surface area contributed by atoms with E-state index in [2.05, 4.69) is 31.9 Å². The summed E-state index contributed by atoms with van der Waals surface area (Å²) in [5.41, 5.74) is 4.00. The predicted octanol–water partition coefficient (Wildman–Crippen LogP) is 2.48. The molecule has 0 aliphatic rings. The summed E-state index contributed by atoms with van der Waals surface area (Å²) in [7, 11) is 0. The average molecular weight is 593 g/mol. The van der Waals surface area contributed by atoms with Crippen molar-refractivity contribution >= 4 is 92.7 Å². The Morgan fingerprint density at radius 1 is 0.680 bits per heavy atom. The van der Waals surface area contributed by atoms with Crippen LogP contribution in [0, 0.1) is 27.7 Å². The summed E-state index contributed by atoms with van der Waals surface area (Å²) >= 11 is 6.51. The molecule has 0 N–H and O–H groups in total. The minimum Gasteiger partial charge on any atom is -0.545 e. The molecule has 128 valence electrons. The van der Waals surface area contributed by atoms with Crippen LogP contribution >= 0.6 is 31.9 Å². The molecule has 0 heterocycles. The van der Waals surface area contributed by atoms with Crippen molar-refractivity contribution in [2.45, 2.75) is 27.7 Å². The van der Waals surface area contributed by atoms with Gasteiger partial charge in [-0.1, -0.05) is 44.0 Å². The Bertz CT molecular complexity index is 737. The van der Waals surface area contributed by atoms with Gasteiger partial charge in [0.05, 0.1) is 11.9 Å². The van der Waals surface area contributed by atoms with Gasteiger partial charge in [0.2, 0.25) is 0 Å². The van der Waals surface area contributed by atoms with Crippen molar-refractivity contribution in [3.63, 3.8) is 0 Å². The topological polar surface area (TPSA) is 80.3 Å². The number of halogens is 2. The SMILES string of the molecule is Cc1cc(C)c(C(=O)[O-])cc1Br.Cc1cc(C)c(C(=O)[O-])cc1Br.[Ba+2]. The van der Waals surface area contributed by atoms with Gasteiger partial charge in [-0.15, -0.1) is 0 Å². The molecule has 2 aromatic carbocycles. The number of rotatable bonds is 2. The third kappa shape index (κ3) is 7.21. The Morgan fingerprint density at radius 3 is 1.20 bits per heavy atom. The molecule has 2 rings (SSSR count). The van der Waals surface area contributed by atoms with Crippen LogP contribution in [0.25, 0.3) is 0 Å². The van der Waals surface area contributed by atoms with E-state index in [0.717, 1.165) is 31.2 Å². The van der Waals surface area contributed by atoms with Crippen molar-refractivity contribution in [2.24, 2.45) is 0 Å². The van der Waals surface area contributed by atoms with E-state index in [1.54, 1.807) is 26.0 Å². The second kappa shape index (κ2) is 10.9. The summed E-state index contributed by atoms with van der Waals surface area (Å²) in [6.45, 7) is 7.33. The Balaban J connectivity index is 0.000000443. The van der Waals surface area contributed by atoms with Crippen LogP contribution in [-0.4, -0.2) is 60.8 Å². The maximum atomic E-state index is 10.6. The third-order valence-electron chi connectivity index (χ3n) is 3.45. The van der Waals surface area contributed by atoms with Gasteiger partial charge >= 0.3 is 48.9 Å². The number of hydrogen-bond donors (Lipinski definition) is 0. The van der Waals surface area contributed by atoms with Crippen LogP contribution in [0.3, 0.4) is 0 Å². The molecule has 7 heteroatoms. The van der Waals surface area contributed by atoms with Gasteiger partial charge < -0.3 is 19.8 Å². The number of aryl methyl sites for hydroxylation is 4. The minimum atomic E-state index is -1.13. The molecule has 0 aliphatic heterocycles. The molecule has 0 fully saturated rings. The predicted molar refractivity (Wildman–Crippen MR) is 102 cm³/mol. The monoisotopic (exact) mass is 592 g/mol. The summed E-state index contributed by atoms with van der Waals surface area (Å²) in [5, 5.41) is 21.1. The maximum Gasteiger partial charge on any atom is 2.00 e. The van der Waals surface area contributed by atoms with E-state index in [0.29, 0.717) is 0 Å². The van der Waals surface area contributed by atoms with Crippen LogP contribution in [0.1, 0.15) is 43.0 Å². The first-order valence-electron chi connectivity index (χ1n) is 7.00. The average Bonchev–Trinajstić information content (AvgIpc) is 2.46. The largest absolute Gasteiger partial charge is 2.00 e. The normalized spacial score (nSPS) is 9.52. The first-order valence-corrected chi connectivity index (χ1v) is 8.59. The van der Waals surface area contributed by atoms with E-state index in [-0.39, 0.29) is 60.0 Å². The number of aromatic carboxylic acids is 2. The molecule has 2 aromatic rings. The van der Waals surface area contributed by atoms with Crippen LogP contribution in [-0.2, 0) is 0 Å². The first-order chi connectivity index (χ1) is 11.0. The van der Waals surface area contributed by atoms with Crippen LogP contribution in [0.5, 0.6) is 0 Å². The molecule has 0 spiro atoms. The van der Waals surface area contributed by atoms with E-state index < -0.39 is 11.9 Å². The number of benzene rings is 2. The van der Waals surface area contributed by atoms with Crippen molar-refractivity contribution in [3.05, 3.63) is 66.6 Å². The Hall–Kier alpha value is -0.0886. The summed E-state index contributed by atoms with van der Waals surface area (Å²) in [6, 6.07) is 6.77. The first kappa shape index (κ1) is 24.9. The Morgan fingerprint density at radius 2 is 0.960 bits per heavy atom. The van der Waals surface area contributed by atoms with Gasteiger partial charge in [-0.05, 0) is 62.1 Å². The van der Waals surface area contributed by atoms with Crippen molar-refractivity contribution < 1.29 is 19.8 Å². The minimum absolute atomic E-state index is 0. The molecule has 0 unspecified atom stereocenters. The summed E-state index contributed by atoms with van der Waals surface area (Å²) in [6.07, 6.45) is 0. The van der Waals surface area contributed by atoms with Crippen molar-refractivity contribution in [1.29, 1.82) is 0 Å². The van der Waals surface area contributed by atoms with Gasteiger partial charge in [0.1, 0.15) is 0 Å². The Kier molecular flexibility index (Phi) is 10.9. The third-order valence-corrected chi connectivity index (χ3v) is 5.16. The van der Waals surface area contributed by atoms with E-state index in [1.807, 2.05) is 26.0 Å². The molecule has 0 saturated heterocycles. The van der Waals surface area contributed by atoms with Gasteiger partial charge in [-0.2, -0.15) is 0 Å². The van der Waals surface area contributed by atoms with Crippen LogP contribution in [0.15, 0.2) is 33.2 Å². The van der Waals surface area contributed by atoms with Crippen LogP contribution in [0.4, 0.5) is 0 Å². The molecule has 0 amide bonds. The zero-order valence-electron chi connectivity index (χ0n) is 14.4. The zero-order chi connectivity index (χ0) is 18.6. The van der Waals surface area contributed by atoms with Crippen molar-refractivity contribution in [1.82, 2.24) is 0 Å². The number of carbonyl (C=O) groups is 2. The van der Waals surface area contributed by atoms with Crippen molar-refractivity contribution in [3.8, 4) is 0 Å². The molecule has 4 nitrogen and oxygen atoms in total. The molecule has 0 saturated carbocycles. The molecule has 0 atom stereocenters. The summed E-state index contributed by atoms with van der Waals surface area (Å²) in [4.78, 5) is 21.1. The fourth-order valence-electron chi connectivity index (χ4n) is 2.09. The molecular weight excluding hydrogens is 577 g/mol. The molecule has 0 radical (unpaired) electrons. The summed E-state index contributed by atoms with van der Waals surface area (Å²) in [5.74, 6) is -2.26. The standard InChI is InChI=1S/2C9H9BrO2.Ba/c2*1-5-3-6(2)8(10)4-7(5)9(11)12;/h2*3-4H,1-2H3,(H,11,12);/q;;+2/p-2. The van der Waals surface area contributed by atoms with Gasteiger partial charge in [0.25, 0.3) is 0 Å². The van der Waals surface area contributed by atoms with E-state index in [1.165, 1.54) is 0 Å². The maximum absolute atomic E-state index is 10.6. The van der Waals surface area contributed by atoms with Gasteiger partial charge in [0, 0.05) is 20.1 Å². The fraction of sp³-hybridized carbons (Fsp3) is 0.222. The van der Waals surface area contributed by atoms with E-state index in [9.17, 15) is 19.8 Å². The van der Waals surface area contributed by atoms with E-state index >= 15 is 0 Å². The quantitative estimate of drug-likeness (QED) is 0.502. The van der Waals surface area contributed by atoms with Gasteiger partial charge in [-0.3, -0.25) is 0 Å². The number of carbonyl (C=O) groups excluding carboxylic acids is 2. The fourth-order valence-corrected chi connectivity index (χ4v) is 2.78. The number of hydrogen-bond acceptors (Lipinski definition) is 4. The molecule has 0 aliphatic carbocycles. The molecule has 25 heavy (non-hydrogen) atoms. The molecule has 0 bridgehead atoms. The second-order valence-electron chi connectivity index (χ2n) is 5.41. The van der Waals surface area contributed by atoms with Gasteiger partial charge in [0.15, 0.2) is 0 Å². The van der Waals surface area contributed by atoms with Crippen LogP contribution < -0.4 is 10.2 Å².